The molecule has 0 aromatic rings. The maximum Gasteiger partial charge on any atom is 0.0594 e. The van der Waals surface area contributed by atoms with Gasteiger partial charge in [0.2, 0.25) is 0 Å². The summed E-state index contributed by atoms with van der Waals surface area (Å²) in [6.45, 7) is 8.55. The van der Waals surface area contributed by atoms with Gasteiger partial charge in [-0.05, 0) is 26.6 Å². The Balaban J connectivity index is 2.14. The van der Waals surface area contributed by atoms with Gasteiger partial charge in [0.25, 0.3) is 0 Å². The standard InChI is InChI=1S/C13H28N2O3/c1-13(11-16,12-17)10-14(2)4-3-5-15-6-8-18-9-7-15/h16-17H,3-12H2,1-2H3. The van der Waals surface area contributed by atoms with E-state index in [1.807, 2.05) is 14.0 Å². The molecule has 5 heteroatoms. The number of ether oxygens (including phenoxy) is 1. The highest BCUT2D eigenvalue weighted by molar-refractivity contribution is 4.76. The van der Waals surface area contributed by atoms with Crippen LogP contribution in [-0.2, 0) is 4.74 Å². The second-order valence-electron chi connectivity index (χ2n) is 5.67. The fourth-order valence-corrected chi connectivity index (χ4v) is 2.27. The molecule has 1 aliphatic rings. The third kappa shape index (κ3) is 5.63. The summed E-state index contributed by atoms with van der Waals surface area (Å²) in [5, 5.41) is 18.5. The Hall–Kier alpha value is -0.200. The Morgan fingerprint density at radius 2 is 1.83 bits per heavy atom. The number of morpholine rings is 1. The van der Waals surface area contributed by atoms with Crippen LogP contribution in [0.1, 0.15) is 13.3 Å². The van der Waals surface area contributed by atoms with E-state index in [1.165, 1.54) is 0 Å². The van der Waals surface area contributed by atoms with E-state index in [0.717, 1.165) is 52.4 Å². The fraction of sp³-hybridized carbons (Fsp3) is 1.00. The lowest BCUT2D eigenvalue weighted by Crippen LogP contribution is -2.41. The van der Waals surface area contributed by atoms with Crippen molar-refractivity contribution in [3.05, 3.63) is 0 Å². The Morgan fingerprint density at radius 1 is 1.22 bits per heavy atom. The predicted octanol–water partition coefficient (Wildman–Crippen LogP) is -0.369. The topological polar surface area (TPSA) is 56.2 Å². The molecule has 0 unspecified atom stereocenters. The van der Waals surface area contributed by atoms with Gasteiger partial charge in [0, 0.05) is 25.0 Å². The molecule has 0 amide bonds. The molecule has 0 aromatic carbocycles. The largest absolute Gasteiger partial charge is 0.396 e. The maximum atomic E-state index is 9.25. The first-order valence-electron chi connectivity index (χ1n) is 6.80. The van der Waals surface area contributed by atoms with Gasteiger partial charge in [-0.2, -0.15) is 0 Å². The Morgan fingerprint density at radius 3 is 2.39 bits per heavy atom. The third-order valence-electron chi connectivity index (χ3n) is 3.53. The molecule has 0 spiro atoms. The lowest BCUT2D eigenvalue weighted by molar-refractivity contribution is 0.0302. The minimum atomic E-state index is -0.395. The molecule has 1 aliphatic heterocycles. The van der Waals surface area contributed by atoms with Gasteiger partial charge in [-0.1, -0.05) is 6.92 Å². The van der Waals surface area contributed by atoms with Crippen LogP contribution in [-0.4, -0.2) is 86.2 Å². The molecule has 0 aromatic heterocycles. The van der Waals surface area contributed by atoms with Gasteiger partial charge in [0.15, 0.2) is 0 Å². The summed E-state index contributed by atoms with van der Waals surface area (Å²) in [5.74, 6) is 0. The van der Waals surface area contributed by atoms with Gasteiger partial charge >= 0.3 is 0 Å². The first-order valence-corrected chi connectivity index (χ1v) is 6.80. The predicted molar refractivity (Wildman–Crippen MR) is 71.7 cm³/mol. The number of aliphatic hydroxyl groups is 2. The maximum absolute atomic E-state index is 9.25. The van der Waals surface area contributed by atoms with Crippen molar-refractivity contribution in [1.82, 2.24) is 9.80 Å². The highest BCUT2D eigenvalue weighted by Gasteiger charge is 2.24. The van der Waals surface area contributed by atoms with Crippen molar-refractivity contribution < 1.29 is 14.9 Å². The average molecular weight is 260 g/mol. The van der Waals surface area contributed by atoms with Crippen molar-refractivity contribution in [3.63, 3.8) is 0 Å². The van der Waals surface area contributed by atoms with E-state index >= 15 is 0 Å². The molecule has 5 nitrogen and oxygen atoms in total. The van der Waals surface area contributed by atoms with E-state index in [4.69, 9.17) is 4.74 Å². The van der Waals surface area contributed by atoms with E-state index in [1.54, 1.807) is 0 Å². The number of aliphatic hydroxyl groups excluding tert-OH is 2. The van der Waals surface area contributed by atoms with Crippen LogP contribution in [0.15, 0.2) is 0 Å². The normalized spacial score (nSPS) is 18.5. The molecule has 18 heavy (non-hydrogen) atoms. The lowest BCUT2D eigenvalue weighted by atomic mass is 9.92. The van der Waals surface area contributed by atoms with Gasteiger partial charge in [-0.25, -0.2) is 0 Å². The van der Waals surface area contributed by atoms with Crippen LogP contribution in [0.2, 0.25) is 0 Å². The van der Waals surface area contributed by atoms with Crippen molar-refractivity contribution in [1.29, 1.82) is 0 Å². The van der Waals surface area contributed by atoms with Crippen molar-refractivity contribution in [2.24, 2.45) is 5.41 Å². The van der Waals surface area contributed by atoms with Gasteiger partial charge in [-0.15, -0.1) is 0 Å². The highest BCUT2D eigenvalue weighted by atomic mass is 16.5. The molecule has 0 atom stereocenters. The van der Waals surface area contributed by atoms with Crippen LogP contribution < -0.4 is 0 Å². The number of nitrogens with zero attached hydrogens (tertiary/aromatic N) is 2. The van der Waals surface area contributed by atoms with E-state index in [9.17, 15) is 10.2 Å². The molecule has 1 fully saturated rings. The second kappa shape index (κ2) is 8.07. The molecule has 1 heterocycles. The number of hydrogen-bond acceptors (Lipinski definition) is 5. The molecular formula is C13H28N2O3. The molecule has 0 saturated carbocycles. The molecule has 108 valence electrons. The minimum absolute atomic E-state index is 0.0251. The van der Waals surface area contributed by atoms with E-state index in [-0.39, 0.29) is 13.2 Å². The summed E-state index contributed by atoms with van der Waals surface area (Å²) in [5.41, 5.74) is -0.395. The fourth-order valence-electron chi connectivity index (χ4n) is 2.27. The first-order chi connectivity index (χ1) is 8.59. The van der Waals surface area contributed by atoms with Crippen LogP contribution in [0.25, 0.3) is 0 Å². The lowest BCUT2D eigenvalue weighted by Gasteiger charge is -2.31. The van der Waals surface area contributed by atoms with E-state index in [0.29, 0.717) is 0 Å². The zero-order chi connectivity index (χ0) is 13.4. The monoisotopic (exact) mass is 260 g/mol. The van der Waals surface area contributed by atoms with Crippen LogP contribution in [0.3, 0.4) is 0 Å². The summed E-state index contributed by atoms with van der Waals surface area (Å²) in [6, 6.07) is 0. The number of hydrogen-bond donors (Lipinski definition) is 2. The first kappa shape index (κ1) is 15.9. The van der Waals surface area contributed by atoms with E-state index < -0.39 is 5.41 Å². The summed E-state index contributed by atoms with van der Waals surface area (Å²) in [7, 11) is 2.04. The zero-order valence-electron chi connectivity index (χ0n) is 11.8. The van der Waals surface area contributed by atoms with Crippen molar-refractivity contribution >= 4 is 0 Å². The molecule has 0 aliphatic carbocycles. The average Bonchev–Trinajstić information content (AvgIpc) is 2.40. The van der Waals surface area contributed by atoms with Crippen LogP contribution in [0, 0.1) is 5.41 Å². The smallest absolute Gasteiger partial charge is 0.0594 e. The molecular weight excluding hydrogens is 232 g/mol. The van der Waals surface area contributed by atoms with Crippen molar-refractivity contribution in [2.75, 3.05) is 66.2 Å². The van der Waals surface area contributed by atoms with Crippen LogP contribution in [0.5, 0.6) is 0 Å². The van der Waals surface area contributed by atoms with Gasteiger partial charge < -0.3 is 19.8 Å². The summed E-state index contributed by atoms with van der Waals surface area (Å²) in [6.07, 6.45) is 1.11. The Bertz CT molecular complexity index is 216. The van der Waals surface area contributed by atoms with Gasteiger partial charge in [-0.3, -0.25) is 4.90 Å². The van der Waals surface area contributed by atoms with Crippen LogP contribution in [0.4, 0.5) is 0 Å². The molecule has 2 N–H and O–H groups in total. The van der Waals surface area contributed by atoms with E-state index in [2.05, 4.69) is 9.80 Å². The third-order valence-corrected chi connectivity index (χ3v) is 3.53. The van der Waals surface area contributed by atoms with Crippen molar-refractivity contribution in [2.45, 2.75) is 13.3 Å². The van der Waals surface area contributed by atoms with Gasteiger partial charge in [0.1, 0.15) is 0 Å². The summed E-state index contributed by atoms with van der Waals surface area (Å²) < 4.78 is 5.31. The second-order valence-corrected chi connectivity index (χ2v) is 5.67. The Labute approximate surface area is 110 Å². The SMILES string of the molecule is CN(CCCN1CCOCC1)CC(C)(CO)CO. The Kier molecular flexibility index (Phi) is 7.11. The summed E-state index contributed by atoms with van der Waals surface area (Å²) >= 11 is 0. The molecule has 1 rings (SSSR count). The quantitative estimate of drug-likeness (QED) is 0.624. The summed E-state index contributed by atoms with van der Waals surface area (Å²) in [4.78, 5) is 4.61. The van der Waals surface area contributed by atoms with Crippen molar-refractivity contribution in [3.8, 4) is 0 Å². The number of rotatable bonds is 8. The zero-order valence-corrected chi connectivity index (χ0v) is 11.8. The minimum Gasteiger partial charge on any atom is -0.396 e. The highest BCUT2D eigenvalue weighted by Crippen LogP contribution is 2.15. The van der Waals surface area contributed by atoms with Gasteiger partial charge in [0.05, 0.1) is 26.4 Å². The van der Waals surface area contributed by atoms with Crippen LogP contribution >= 0.6 is 0 Å². The molecule has 1 saturated heterocycles. The molecule has 0 bridgehead atoms. The molecule has 0 radical (unpaired) electrons.